The Morgan fingerprint density at radius 2 is 1.25 bits per heavy atom. The molecule has 98 valence electrons. The molecular weight excluding hydrogens is 244 g/mol. The van der Waals surface area contributed by atoms with E-state index in [1.807, 2.05) is 36.4 Å². The molecule has 0 unspecified atom stereocenters. The molecule has 0 aliphatic heterocycles. The Balaban J connectivity index is 1.75. The van der Waals surface area contributed by atoms with Crippen molar-refractivity contribution in [1.82, 2.24) is 0 Å². The van der Waals surface area contributed by atoms with E-state index in [0.29, 0.717) is 6.61 Å². The summed E-state index contributed by atoms with van der Waals surface area (Å²) >= 11 is 0. The lowest BCUT2D eigenvalue weighted by Gasteiger charge is -2.08. The maximum atomic E-state index is 5.78. The standard InChI is InChI=1S/C19H16O/c1-3-9-17(10-4-1)18-11-7-8-16(14-18)15-20-19-12-5-2-6-13-19/h1-14H,15H2. The summed E-state index contributed by atoms with van der Waals surface area (Å²) < 4.78 is 5.78. The zero-order valence-corrected chi connectivity index (χ0v) is 11.2. The first-order chi connectivity index (χ1) is 9.92. The van der Waals surface area contributed by atoms with Gasteiger partial charge in [0.25, 0.3) is 0 Å². The van der Waals surface area contributed by atoms with Crippen LogP contribution in [0.25, 0.3) is 11.1 Å². The average molecular weight is 260 g/mol. The van der Waals surface area contributed by atoms with Crippen LogP contribution >= 0.6 is 0 Å². The SMILES string of the molecule is c1ccc(OCc2cccc(-c3ccccc3)c2)cc1. The summed E-state index contributed by atoms with van der Waals surface area (Å²) in [4.78, 5) is 0. The highest BCUT2D eigenvalue weighted by molar-refractivity contribution is 5.63. The van der Waals surface area contributed by atoms with Gasteiger partial charge < -0.3 is 4.74 Å². The third-order valence-corrected chi connectivity index (χ3v) is 3.18. The molecule has 0 heterocycles. The van der Waals surface area contributed by atoms with Crippen LogP contribution in [0.15, 0.2) is 84.9 Å². The zero-order chi connectivity index (χ0) is 13.6. The smallest absolute Gasteiger partial charge is 0.119 e. The van der Waals surface area contributed by atoms with Crippen molar-refractivity contribution in [2.75, 3.05) is 0 Å². The fourth-order valence-electron chi connectivity index (χ4n) is 2.15. The lowest BCUT2D eigenvalue weighted by atomic mass is 10.0. The minimum absolute atomic E-state index is 0.588. The van der Waals surface area contributed by atoms with Gasteiger partial charge in [-0.2, -0.15) is 0 Å². The Kier molecular flexibility index (Phi) is 3.79. The van der Waals surface area contributed by atoms with E-state index < -0.39 is 0 Å². The molecule has 0 fully saturated rings. The minimum Gasteiger partial charge on any atom is -0.489 e. The molecule has 1 nitrogen and oxygen atoms in total. The van der Waals surface area contributed by atoms with Crippen molar-refractivity contribution >= 4 is 0 Å². The molecule has 0 spiro atoms. The van der Waals surface area contributed by atoms with Gasteiger partial charge in [-0.1, -0.05) is 66.7 Å². The Hall–Kier alpha value is -2.54. The van der Waals surface area contributed by atoms with Gasteiger partial charge in [-0.25, -0.2) is 0 Å². The lowest BCUT2D eigenvalue weighted by Crippen LogP contribution is -1.95. The molecule has 3 rings (SSSR count). The molecule has 0 aromatic heterocycles. The van der Waals surface area contributed by atoms with Crippen molar-refractivity contribution < 1.29 is 4.74 Å². The fourth-order valence-corrected chi connectivity index (χ4v) is 2.15. The summed E-state index contributed by atoms with van der Waals surface area (Å²) in [5.41, 5.74) is 3.63. The number of hydrogen-bond acceptors (Lipinski definition) is 1. The summed E-state index contributed by atoms with van der Waals surface area (Å²) in [6, 6.07) is 28.8. The van der Waals surface area contributed by atoms with Crippen LogP contribution in [0, 0.1) is 0 Å². The molecule has 1 heteroatoms. The van der Waals surface area contributed by atoms with Crippen LogP contribution in [0.5, 0.6) is 5.75 Å². The van der Waals surface area contributed by atoms with Crippen LogP contribution in [0.1, 0.15) is 5.56 Å². The molecular formula is C19H16O. The lowest BCUT2D eigenvalue weighted by molar-refractivity contribution is 0.306. The molecule has 0 amide bonds. The largest absolute Gasteiger partial charge is 0.489 e. The first-order valence-electron chi connectivity index (χ1n) is 6.74. The van der Waals surface area contributed by atoms with Crippen molar-refractivity contribution in [2.45, 2.75) is 6.61 Å². The first-order valence-corrected chi connectivity index (χ1v) is 6.74. The summed E-state index contributed by atoms with van der Waals surface area (Å²) in [6.45, 7) is 0.588. The average Bonchev–Trinajstić information content (AvgIpc) is 2.55. The second-order valence-electron chi connectivity index (χ2n) is 4.67. The van der Waals surface area contributed by atoms with Gasteiger partial charge in [0.2, 0.25) is 0 Å². The highest BCUT2D eigenvalue weighted by Gasteiger charge is 2.00. The highest BCUT2D eigenvalue weighted by Crippen LogP contribution is 2.21. The van der Waals surface area contributed by atoms with E-state index in [4.69, 9.17) is 4.74 Å². The maximum absolute atomic E-state index is 5.78. The molecule has 0 aliphatic carbocycles. The van der Waals surface area contributed by atoms with Crippen LogP contribution in [-0.2, 0) is 6.61 Å². The molecule has 0 radical (unpaired) electrons. The van der Waals surface area contributed by atoms with Gasteiger partial charge >= 0.3 is 0 Å². The van der Waals surface area contributed by atoms with Crippen LogP contribution in [-0.4, -0.2) is 0 Å². The number of rotatable bonds is 4. The second-order valence-corrected chi connectivity index (χ2v) is 4.67. The monoisotopic (exact) mass is 260 g/mol. The summed E-state index contributed by atoms with van der Waals surface area (Å²) in [5.74, 6) is 0.901. The Bertz CT molecular complexity index is 660. The van der Waals surface area contributed by atoms with Gasteiger partial charge in [-0.05, 0) is 34.9 Å². The molecule has 0 saturated heterocycles. The zero-order valence-electron chi connectivity index (χ0n) is 11.2. The van der Waals surface area contributed by atoms with Gasteiger partial charge in [0.1, 0.15) is 12.4 Å². The fraction of sp³-hybridized carbons (Fsp3) is 0.0526. The second kappa shape index (κ2) is 6.07. The molecule has 0 N–H and O–H groups in total. The molecule has 3 aromatic carbocycles. The normalized spacial score (nSPS) is 10.2. The molecule has 0 atom stereocenters. The topological polar surface area (TPSA) is 9.23 Å². The Morgan fingerprint density at radius 3 is 2.00 bits per heavy atom. The van der Waals surface area contributed by atoms with E-state index in [2.05, 4.69) is 48.5 Å². The molecule has 0 aliphatic rings. The summed E-state index contributed by atoms with van der Waals surface area (Å²) in [5, 5.41) is 0. The van der Waals surface area contributed by atoms with Gasteiger partial charge in [0.05, 0.1) is 0 Å². The van der Waals surface area contributed by atoms with E-state index in [9.17, 15) is 0 Å². The predicted octanol–water partition coefficient (Wildman–Crippen LogP) is 4.93. The third kappa shape index (κ3) is 3.07. The van der Waals surface area contributed by atoms with Gasteiger partial charge in [0.15, 0.2) is 0 Å². The third-order valence-electron chi connectivity index (χ3n) is 3.18. The minimum atomic E-state index is 0.588. The number of benzene rings is 3. The van der Waals surface area contributed by atoms with Crippen molar-refractivity contribution in [2.24, 2.45) is 0 Å². The number of ether oxygens (including phenoxy) is 1. The van der Waals surface area contributed by atoms with Crippen molar-refractivity contribution in [1.29, 1.82) is 0 Å². The summed E-state index contributed by atoms with van der Waals surface area (Å²) in [6.07, 6.45) is 0. The Labute approximate surface area is 119 Å². The number of para-hydroxylation sites is 1. The maximum Gasteiger partial charge on any atom is 0.119 e. The van der Waals surface area contributed by atoms with Crippen LogP contribution in [0.3, 0.4) is 0 Å². The van der Waals surface area contributed by atoms with Crippen molar-refractivity contribution in [3.8, 4) is 16.9 Å². The van der Waals surface area contributed by atoms with E-state index >= 15 is 0 Å². The van der Waals surface area contributed by atoms with Gasteiger partial charge in [-0.3, -0.25) is 0 Å². The first kappa shape index (κ1) is 12.5. The van der Waals surface area contributed by atoms with Gasteiger partial charge in [-0.15, -0.1) is 0 Å². The number of hydrogen-bond donors (Lipinski definition) is 0. The van der Waals surface area contributed by atoms with Crippen LogP contribution in [0.4, 0.5) is 0 Å². The van der Waals surface area contributed by atoms with Crippen LogP contribution in [0.2, 0.25) is 0 Å². The van der Waals surface area contributed by atoms with Crippen LogP contribution < -0.4 is 4.74 Å². The van der Waals surface area contributed by atoms with E-state index in [-0.39, 0.29) is 0 Å². The predicted molar refractivity (Wildman–Crippen MR) is 82.7 cm³/mol. The molecule has 0 saturated carbocycles. The highest BCUT2D eigenvalue weighted by atomic mass is 16.5. The van der Waals surface area contributed by atoms with E-state index in [1.54, 1.807) is 0 Å². The molecule has 3 aromatic rings. The molecule has 0 bridgehead atoms. The Morgan fingerprint density at radius 1 is 0.600 bits per heavy atom. The van der Waals surface area contributed by atoms with E-state index in [0.717, 1.165) is 5.75 Å². The van der Waals surface area contributed by atoms with Crippen molar-refractivity contribution in [3.05, 3.63) is 90.5 Å². The van der Waals surface area contributed by atoms with E-state index in [1.165, 1.54) is 16.7 Å². The van der Waals surface area contributed by atoms with Gasteiger partial charge in [0, 0.05) is 0 Å². The quantitative estimate of drug-likeness (QED) is 0.646. The molecule has 20 heavy (non-hydrogen) atoms. The summed E-state index contributed by atoms with van der Waals surface area (Å²) in [7, 11) is 0. The van der Waals surface area contributed by atoms with Crippen molar-refractivity contribution in [3.63, 3.8) is 0 Å².